The van der Waals surface area contributed by atoms with E-state index in [0.29, 0.717) is 6.42 Å². The van der Waals surface area contributed by atoms with Gasteiger partial charge in [-0.2, -0.15) is 0 Å². The summed E-state index contributed by atoms with van der Waals surface area (Å²) in [5.41, 5.74) is 1.82. The number of aliphatic hydroxyl groups excluding tert-OH is 1. The van der Waals surface area contributed by atoms with Crippen molar-refractivity contribution in [3.63, 3.8) is 0 Å². The fourth-order valence-corrected chi connectivity index (χ4v) is 2.15. The van der Waals surface area contributed by atoms with Crippen molar-refractivity contribution in [1.82, 2.24) is 9.13 Å². The largest absolute Gasteiger partial charge is 0.393 e. The molecule has 0 amide bonds. The maximum Gasteiger partial charge on any atom is 0.332 e. The molecule has 0 saturated carbocycles. The Kier molecular flexibility index (Phi) is 3.90. The molecule has 0 fully saturated rings. The summed E-state index contributed by atoms with van der Waals surface area (Å²) in [4.78, 5) is 12.2. The Morgan fingerprint density at radius 1 is 1.21 bits per heavy atom. The summed E-state index contributed by atoms with van der Waals surface area (Å²) in [5, 5.41) is 9.43. The molecule has 1 aromatic heterocycles. The van der Waals surface area contributed by atoms with Gasteiger partial charge in [-0.3, -0.25) is 9.13 Å². The second kappa shape index (κ2) is 5.45. The molecule has 0 bridgehead atoms. The number of nitrogens with zero attached hydrogens (tertiary/aromatic N) is 2. The van der Waals surface area contributed by atoms with Crippen LogP contribution >= 0.6 is 0 Å². The fraction of sp³-hybridized carbons (Fsp3) is 0.400. The van der Waals surface area contributed by atoms with Crippen LogP contribution in [0.15, 0.2) is 41.5 Å². The van der Waals surface area contributed by atoms with Crippen molar-refractivity contribution >= 4 is 0 Å². The predicted molar refractivity (Wildman–Crippen MR) is 75.8 cm³/mol. The van der Waals surface area contributed by atoms with Gasteiger partial charge in [-0.25, -0.2) is 4.79 Å². The standard InChI is InChI=1S/C15H20N2O2/c1-11(2)16-7-8-17(15(16)19)14-6-4-5-13(10-14)9-12(3)18/h4-8,10-12,18H,9H2,1-3H3. The van der Waals surface area contributed by atoms with Crippen LogP contribution in [0, 0.1) is 0 Å². The molecule has 0 spiro atoms. The number of imidazole rings is 1. The van der Waals surface area contributed by atoms with Crippen LogP contribution < -0.4 is 5.69 Å². The molecule has 0 saturated heterocycles. The van der Waals surface area contributed by atoms with Gasteiger partial charge in [0.1, 0.15) is 0 Å². The van der Waals surface area contributed by atoms with Gasteiger partial charge in [0.05, 0.1) is 11.8 Å². The van der Waals surface area contributed by atoms with E-state index in [2.05, 4.69) is 0 Å². The van der Waals surface area contributed by atoms with Gasteiger partial charge >= 0.3 is 5.69 Å². The monoisotopic (exact) mass is 260 g/mol. The van der Waals surface area contributed by atoms with Gasteiger partial charge in [-0.15, -0.1) is 0 Å². The minimum Gasteiger partial charge on any atom is -0.393 e. The van der Waals surface area contributed by atoms with Gasteiger partial charge < -0.3 is 5.11 Å². The maximum atomic E-state index is 12.2. The lowest BCUT2D eigenvalue weighted by molar-refractivity contribution is 0.195. The molecule has 0 radical (unpaired) electrons. The summed E-state index contributed by atoms with van der Waals surface area (Å²) < 4.78 is 3.33. The predicted octanol–water partition coefficient (Wildman–Crippen LogP) is 2.14. The molecule has 19 heavy (non-hydrogen) atoms. The first-order chi connectivity index (χ1) is 8.99. The molecule has 1 aromatic carbocycles. The fourth-order valence-electron chi connectivity index (χ4n) is 2.15. The zero-order chi connectivity index (χ0) is 14.0. The molecule has 1 N–H and O–H groups in total. The van der Waals surface area contributed by atoms with Crippen LogP contribution in [0.2, 0.25) is 0 Å². The van der Waals surface area contributed by atoms with Crippen LogP contribution in [0.25, 0.3) is 5.69 Å². The molecule has 1 unspecified atom stereocenters. The molecule has 1 heterocycles. The van der Waals surface area contributed by atoms with E-state index in [9.17, 15) is 9.90 Å². The molecular weight excluding hydrogens is 240 g/mol. The summed E-state index contributed by atoms with van der Waals surface area (Å²) in [6.07, 6.45) is 3.79. The highest BCUT2D eigenvalue weighted by Gasteiger charge is 2.08. The van der Waals surface area contributed by atoms with Crippen LogP contribution in [0.5, 0.6) is 0 Å². The van der Waals surface area contributed by atoms with Crippen molar-refractivity contribution in [2.75, 3.05) is 0 Å². The molecule has 4 nitrogen and oxygen atoms in total. The van der Waals surface area contributed by atoms with E-state index in [4.69, 9.17) is 0 Å². The lowest BCUT2D eigenvalue weighted by Crippen LogP contribution is -2.24. The average molecular weight is 260 g/mol. The van der Waals surface area contributed by atoms with E-state index in [1.54, 1.807) is 28.5 Å². The highest BCUT2D eigenvalue weighted by Crippen LogP contribution is 2.11. The van der Waals surface area contributed by atoms with E-state index < -0.39 is 0 Å². The third kappa shape index (κ3) is 2.96. The Hall–Kier alpha value is -1.81. The highest BCUT2D eigenvalue weighted by atomic mass is 16.3. The van der Waals surface area contributed by atoms with Crippen LogP contribution in [0.3, 0.4) is 0 Å². The molecule has 2 rings (SSSR count). The van der Waals surface area contributed by atoms with Crippen LogP contribution in [-0.2, 0) is 6.42 Å². The molecular formula is C15H20N2O2. The SMILES string of the molecule is CC(O)Cc1cccc(-n2ccn(C(C)C)c2=O)c1. The van der Waals surface area contributed by atoms with Crippen molar-refractivity contribution in [2.45, 2.75) is 39.3 Å². The third-order valence-electron chi connectivity index (χ3n) is 3.08. The van der Waals surface area contributed by atoms with E-state index >= 15 is 0 Å². The second-order valence-corrected chi connectivity index (χ2v) is 5.17. The lowest BCUT2D eigenvalue weighted by atomic mass is 10.1. The van der Waals surface area contributed by atoms with Crippen LogP contribution in [-0.4, -0.2) is 20.3 Å². The lowest BCUT2D eigenvalue weighted by Gasteiger charge is -2.08. The quantitative estimate of drug-likeness (QED) is 0.915. The van der Waals surface area contributed by atoms with Crippen molar-refractivity contribution in [1.29, 1.82) is 0 Å². The minimum atomic E-state index is -0.382. The van der Waals surface area contributed by atoms with Gasteiger partial charge in [-0.05, 0) is 44.9 Å². The van der Waals surface area contributed by atoms with Gasteiger partial charge in [0.15, 0.2) is 0 Å². The van der Waals surface area contributed by atoms with Crippen LogP contribution in [0.1, 0.15) is 32.4 Å². The Bertz CT molecular complexity index is 609. The Morgan fingerprint density at radius 3 is 2.53 bits per heavy atom. The summed E-state index contributed by atoms with van der Waals surface area (Å²) in [6, 6.07) is 7.86. The number of benzene rings is 1. The van der Waals surface area contributed by atoms with Gasteiger partial charge in [-0.1, -0.05) is 12.1 Å². The molecule has 1 atom stereocenters. The number of aliphatic hydroxyl groups is 1. The number of aromatic nitrogens is 2. The smallest absolute Gasteiger partial charge is 0.332 e. The maximum absolute atomic E-state index is 12.2. The topological polar surface area (TPSA) is 47.2 Å². The first-order valence-electron chi connectivity index (χ1n) is 6.56. The molecule has 2 aromatic rings. The van der Waals surface area contributed by atoms with E-state index in [0.717, 1.165) is 11.3 Å². The Balaban J connectivity index is 2.39. The molecule has 0 aliphatic heterocycles. The first-order valence-corrected chi connectivity index (χ1v) is 6.56. The van der Waals surface area contributed by atoms with Gasteiger partial charge in [0.2, 0.25) is 0 Å². The number of hydrogen-bond donors (Lipinski definition) is 1. The first kappa shape index (κ1) is 13.6. The molecule has 4 heteroatoms. The minimum absolute atomic E-state index is 0.0378. The van der Waals surface area contributed by atoms with Gasteiger partial charge in [0.25, 0.3) is 0 Å². The second-order valence-electron chi connectivity index (χ2n) is 5.17. The normalized spacial score (nSPS) is 12.9. The third-order valence-corrected chi connectivity index (χ3v) is 3.08. The van der Waals surface area contributed by atoms with E-state index in [1.807, 2.05) is 38.1 Å². The summed E-state index contributed by atoms with van der Waals surface area (Å²) >= 11 is 0. The Morgan fingerprint density at radius 2 is 1.95 bits per heavy atom. The molecule has 0 aliphatic carbocycles. The van der Waals surface area contributed by atoms with Crippen molar-refractivity contribution in [3.05, 3.63) is 52.7 Å². The van der Waals surface area contributed by atoms with Crippen molar-refractivity contribution < 1.29 is 5.11 Å². The zero-order valence-corrected chi connectivity index (χ0v) is 11.6. The molecule has 102 valence electrons. The van der Waals surface area contributed by atoms with Gasteiger partial charge in [0, 0.05) is 18.4 Å². The summed E-state index contributed by atoms with van der Waals surface area (Å²) in [6.45, 7) is 5.72. The van der Waals surface area contributed by atoms with E-state index in [1.165, 1.54) is 0 Å². The Labute approximate surface area is 112 Å². The number of rotatable bonds is 4. The van der Waals surface area contributed by atoms with E-state index in [-0.39, 0.29) is 17.8 Å². The van der Waals surface area contributed by atoms with Crippen LogP contribution in [0.4, 0.5) is 0 Å². The zero-order valence-electron chi connectivity index (χ0n) is 11.6. The van der Waals surface area contributed by atoms with Crippen molar-refractivity contribution in [3.8, 4) is 5.69 Å². The molecule has 0 aliphatic rings. The number of hydrogen-bond acceptors (Lipinski definition) is 2. The van der Waals surface area contributed by atoms with Crippen molar-refractivity contribution in [2.24, 2.45) is 0 Å². The highest BCUT2D eigenvalue weighted by molar-refractivity contribution is 5.36. The summed E-state index contributed by atoms with van der Waals surface area (Å²) in [7, 11) is 0. The summed E-state index contributed by atoms with van der Waals surface area (Å²) in [5.74, 6) is 0. The average Bonchev–Trinajstić information content (AvgIpc) is 2.70.